The molecule has 0 fully saturated rings. The molecular weight excluding hydrogens is 388 g/mol. The topological polar surface area (TPSA) is 56.4 Å². The first-order chi connectivity index (χ1) is 15.0. The van der Waals surface area contributed by atoms with E-state index in [1.807, 2.05) is 84.9 Å². The first-order valence-electron chi connectivity index (χ1n) is 10.0. The van der Waals surface area contributed by atoms with Gasteiger partial charge in [-0.05, 0) is 12.1 Å². The molecule has 0 bridgehead atoms. The van der Waals surface area contributed by atoms with Crippen LogP contribution in [0.3, 0.4) is 0 Å². The predicted molar refractivity (Wildman–Crippen MR) is 123 cm³/mol. The maximum atomic E-state index is 13.8. The molecule has 0 saturated carbocycles. The van der Waals surface area contributed by atoms with Crippen LogP contribution in [0.5, 0.6) is 0 Å². The molecule has 5 rings (SSSR count). The van der Waals surface area contributed by atoms with Gasteiger partial charge in [0.2, 0.25) is 0 Å². The van der Waals surface area contributed by atoms with Gasteiger partial charge in [-0.3, -0.25) is 0 Å². The lowest BCUT2D eigenvalue weighted by molar-refractivity contribution is -0.129. The summed E-state index contributed by atoms with van der Waals surface area (Å²) in [7, 11) is 1.74. The zero-order valence-corrected chi connectivity index (χ0v) is 17.3. The maximum Gasteiger partial charge on any atom is 0.379 e. The summed E-state index contributed by atoms with van der Waals surface area (Å²) in [6.07, 6.45) is 1.74. The number of amides is 1. The molecule has 1 atom stereocenters. The summed E-state index contributed by atoms with van der Waals surface area (Å²) in [4.78, 5) is 31.6. The Morgan fingerprint density at radius 3 is 2.16 bits per heavy atom. The highest BCUT2D eigenvalue weighted by molar-refractivity contribution is 5.95. The van der Waals surface area contributed by atoms with Gasteiger partial charge in [0.05, 0.1) is 12.6 Å². The molecule has 1 amide bonds. The van der Waals surface area contributed by atoms with Crippen LogP contribution in [0, 0.1) is 0 Å². The Hall–Kier alpha value is -4.03. The Morgan fingerprint density at radius 2 is 1.48 bits per heavy atom. The van der Waals surface area contributed by atoms with Gasteiger partial charge in [-0.25, -0.2) is 19.0 Å². The molecule has 3 aromatic carbocycles. The molecule has 0 N–H and O–H groups in total. The van der Waals surface area contributed by atoms with E-state index < -0.39 is 0 Å². The van der Waals surface area contributed by atoms with Crippen LogP contribution in [0.25, 0.3) is 27.8 Å². The fraction of sp³-hybridized carbons (Fsp3) is 0.0800. The van der Waals surface area contributed by atoms with Crippen molar-refractivity contribution in [1.29, 1.82) is 0 Å². The summed E-state index contributed by atoms with van der Waals surface area (Å²) in [5.74, 6) is -0.179. The van der Waals surface area contributed by atoms with Gasteiger partial charge in [0, 0.05) is 29.3 Å². The minimum absolute atomic E-state index is 0.179. The highest BCUT2D eigenvalue weighted by Gasteiger charge is 2.37. The molecule has 0 aliphatic carbocycles. The van der Waals surface area contributed by atoms with Crippen LogP contribution in [-0.2, 0) is 4.79 Å². The molecule has 0 aliphatic rings. The van der Waals surface area contributed by atoms with Crippen LogP contribution >= 0.6 is 0 Å². The Bertz CT molecular complexity index is 1490. The number of hydrogen-bond donors (Lipinski definition) is 0. The summed E-state index contributed by atoms with van der Waals surface area (Å²) in [6, 6.07) is 26.6. The molecule has 0 spiro atoms. The average molecular weight is 409 g/mol. The second-order valence-electron chi connectivity index (χ2n) is 7.61. The molecule has 31 heavy (non-hydrogen) atoms. The third-order valence-corrected chi connectivity index (χ3v) is 5.81. The van der Waals surface area contributed by atoms with Crippen molar-refractivity contribution in [3.8, 4) is 11.3 Å². The van der Waals surface area contributed by atoms with Gasteiger partial charge in [0.15, 0.2) is 11.3 Å². The second kappa shape index (κ2) is 7.04. The van der Waals surface area contributed by atoms with Gasteiger partial charge in [-0.2, -0.15) is 0 Å². The van der Waals surface area contributed by atoms with E-state index >= 15 is 0 Å². The van der Waals surface area contributed by atoms with Crippen molar-refractivity contribution in [2.24, 2.45) is 0 Å². The highest BCUT2D eigenvalue weighted by atomic mass is 16.2. The first-order valence-corrected chi connectivity index (χ1v) is 10.0. The predicted octanol–water partition coefficient (Wildman–Crippen LogP) is 4.26. The number of hydrogen-bond acceptors (Lipinski definition) is 3. The quantitative estimate of drug-likeness (QED) is 0.418. The van der Waals surface area contributed by atoms with Gasteiger partial charge in [0.25, 0.3) is 0 Å². The molecule has 0 radical (unpaired) electrons. The van der Waals surface area contributed by atoms with E-state index in [-0.39, 0.29) is 16.2 Å². The van der Waals surface area contributed by atoms with Crippen molar-refractivity contribution >= 4 is 28.1 Å². The van der Waals surface area contributed by atoms with Crippen molar-refractivity contribution in [2.45, 2.75) is 6.92 Å². The molecule has 6 nitrogen and oxygen atoms in total. The fourth-order valence-corrected chi connectivity index (χ4v) is 4.06. The molecule has 6 heteroatoms. The minimum Gasteiger partial charge on any atom is -0.246 e. The van der Waals surface area contributed by atoms with Crippen LogP contribution in [0.1, 0.15) is 6.92 Å². The average Bonchev–Trinajstić information content (AvgIpc) is 3.26. The molecule has 1 unspecified atom stereocenters. The summed E-state index contributed by atoms with van der Waals surface area (Å²) < 4.78 is 2.76. The normalized spacial score (nSPS) is 13.4. The van der Waals surface area contributed by atoms with E-state index in [9.17, 15) is 9.59 Å². The summed E-state index contributed by atoms with van der Waals surface area (Å²) in [6.45, 7) is 1.50. The maximum absolute atomic E-state index is 13.8. The van der Waals surface area contributed by atoms with Crippen molar-refractivity contribution in [2.75, 3.05) is 7.05 Å². The van der Waals surface area contributed by atoms with Crippen molar-refractivity contribution < 1.29 is 4.79 Å². The van der Waals surface area contributed by atoms with Gasteiger partial charge >= 0.3 is 11.6 Å². The number of nitrogens with zero attached hydrogens (tertiary/aromatic N) is 4. The molecule has 5 aromatic rings. The lowest BCUT2D eigenvalue weighted by Gasteiger charge is -2.31. The van der Waals surface area contributed by atoms with E-state index in [1.54, 1.807) is 13.2 Å². The van der Waals surface area contributed by atoms with E-state index in [4.69, 9.17) is 4.98 Å². The third kappa shape index (κ3) is 2.80. The minimum atomic E-state index is -0.329. The summed E-state index contributed by atoms with van der Waals surface area (Å²) >= 11 is 0. The van der Waals surface area contributed by atoms with Gasteiger partial charge in [0.1, 0.15) is 12.6 Å². The number of imidazole rings is 1. The Balaban J connectivity index is 1.92. The smallest absolute Gasteiger partial charge is 0.246 e. The number of para-hydroxylation sites is 2. The van der Waals surface area contributed by atoms with E-state index in [0.29, 0.717) is 22.5 Å². The zero-order chi connectivity index (χ0) is 21.6. The first kappa shape index (κ1) is 19.0. The molecule has 0 saturated heterocycles. The Labute approximate surface area is 178 Å². The van der Waals surface area contributed by atoms with E-state index in [2.05, 4.69) is 0 Å². The van der Waals surface area contributed by atoms with E-state index in [1.165, 1.54) is 16.0 Å². The standard InChI is InChI=1S/C25H21N4O2/c1-18(30)29(2,20-13-7-4-8-14-20)28-23-16-10-9-15-21(23)24-26-22(17-27(24)25(28)31)19-11-5-3-6-12-19/h3-17H,1-2H3/q+1. The monoisotopic (exact) mass is 409 g/mol. The molecule has 2 aromatic heterocycles. The van der Waals surface area contributed by atoms with Crippen LogP contribution in [0.4, 0.5) is 5.69 Å². The molecule has 152 valence electrons. The van der Waals surface area contributed by atoms with E-state index in [0.717, 1.165) is 10.9 Å². The van der Waals surface area contributed by atoms with Crippen LogP contribution < -0.4 is 10.3 Å². The largest absolute Gasteiger partial charge is 0.379 e. The lowest BCUT2D eigenvalue weighted by atomic mass is 10.2. The van der Waals surface area contributed by atoms with Crippen molar-refractivity contribution in [3.05, 3.63) is 102 Å². The number of benzene rings is 3. The Morgan fingerprint density at radius 1 is 0.871 bits per heavy atom. The zero-order valence-electron chi connectivity index (χ0n) is 17.3. The van der Waals surface area contributed by atoms with Crippen LogP contribution in [0.2, 0.25) is 0 Å². The fourth-order valence-electron chi connectivity index (χ4n) is 4.06. The van der Waals surface area contributed by atoms with Crippen LogP contribution in [-0.4, -0.2) is 27.0 Å². The number of carbonyl (C=O) groups excluding carboxylic acids is 1. The van der Waals surface area contributed by atoms with Crippen LogP contribution in [0.15, 0.2) is 95.9 Å². The van der Waals surface area contributed by atoms with Crippen molar-refractivity contribution in [3.63, 3.8) is 0 Å². The SMILES string of the molecule is CC(=O)[N+](C)(c1ccccc1)n1c(=O)n2cc(-c3ccccc3)nc2c2ccccc21. The number of carbonyl (C=O) groups is 1. The third-order valence-electron chi connectivity index (χ3n) is 5.81. The highest BCUT2D eigenvalue weighted by Crippen LogP contribution is 2.28. The lowest BCUT2D eigenvalue weighted by Crippen LogP contribution is -2.59. The van der Waals surface area contributed by atoms with Gasteiger partial charge in [-0.1, -0.05) is 60.7 Å². The second-order valence-corrected chi connectivity index (χ2v) is 7.61. The molecule has 2 heterocycles. The summed E-state index contributed by atoms with van der Waals surface area (Å²) in [5, 5.41) is 0.797. The number of fused-ring (bicyclic) bond motifs is 3. The van der Waals surface area contributed by atoms with Gasteiger partial charge in [-0.15, -0.1) is 9.27 Å². The molecular formula is C25H21N4O2+. The van der Waals surface area contributed by atoms with Crippen molar-refractivity contribution in [1.82, 2.24) is 18.7 Å². The molecule has 0 aliphatic heterocycles. The van der Waals surface area contributed by atoms with Gasteiger partial charge < -0.3 is 0 Å². The Kier molecular flexibility index (Phi) is 4.30. The number of aromatic nitrogens is 3. The number of quaternary nitrogens is 1. The number of rotatable bonds is 3. The summed E-state index contributed by atoms with van der Waals surface area (Å²) in [5.41, 5.74) is 3.21.